The van der Waals surface area contributed by atoms with Crippen molar-refractivity contribution in [1.29, 1.82) is 0 Å². The SMILES string of the molecule is CC1(c2ccc3c(c2)C(=O)CCCS3)CCNC1. The summed E-state index contributed by atoms with van der Waals surface area (Å²) in [5.74, 6) is 1.39. The molecule has 0 bridgehead atoms. The highest BCUT2D eigenvalue weighted by Gasteiger charge is 2.31. The minimum Gasteiger partial charge on any atom is -0.316 e. The van der Waals surface area contributed by atoms with Crippen molar-refractivity contribution in [1.82, 2.24) is 5.32 Å². The second-order valence-electron chi connectivity index (χ2n) is 5.57. The summed E-state index contributed by atoms with van der Waals surface area (Å²) in [6.45, 7) is 4.40. The molecule has 0 aliphatic carbocycles. The second-order valence-corrected chi connectivity index (χ2v) is 6.71. The lowest BCUT2D eigenvalue weighted by Crippen LogP contribution is -2.25. The van der Waals surface area contributed by atoms with Gasteiger partial charge in [-0.05, 0) is 42.8 Å². The first-order chi connectivity index (χ1) is 8.69. The number of rotatable bonds is 1. The number of carbonyl (C=O) groups excluding carboxylic acids is 1. The van der Waals surface area contributed by atoms with Gasteiger partial charge < -0.3 is 5.32 Å². The van der Waals surface area contributed by atoms with Crippen LogP contribution in [0.4, 0.5) is 0 Å². The van der Waals surface area contributed by atoms with Gasteiger partial charge in [-0.1, -0.05) is 13.0 Å². The number of fused-ring (bicyclic) bond motifs is 1. The average molecular weight is 261 g/mol. The van der Waals surface area contributed by atoms with Gasteiger partial charge in [0.15, 0.2) is 5.78 Å². The molecule has 2 aliphatic heterocycles. The normalized spacial score (nSPS) is 27.9. The highest BCUT2D eigenvalue weighted by molar-refractivity contribution is 7.99. The lowest BCUT2D eigenvalue weighted by atomic mass is 9.81. The number of nitrogens with one attached hydrogen (secondary N) is 1. The first-order valence-electron chi connectivity index (χ1n) is 6.70. The Kier molecular flexibility index (Phi) is 3.20. The molecule has 1 N–H and O–H groups in total. The summed E-state index contributed by atoms with van der Waals surface area (Å²) in [6.07, 6.45) is 2.87. The average Bonchev–Trinajstić information content (AvgIpc) is 2.74. The van der Waals surface area contributed by atoms with Gasteiger partial charge in [0.05, 0.1) is 0 Å². The summed E-state index contributed by atoms with van der Waals surface area (Å²) in [5, 5.41) is 3.42. The minimum absolute atomic E-state index is 0.201. The Morgan fingerprint density at radius 1 is 1.39 bits per heavy atom. The molecule has 0 radical (unpaired) electrons. The number of benzene rings is 1. The molecule has 96 valence electrons. The van der Waals surface area contributed by atoms with Crippen LogP contribution in [0, 0.1) is 0 Å². The third kappa shape index (κ3) is 2.10. The smallest absolute Gasteiger partial charge is 0.164 e. The minimum atomic E-state index is 0.201. The molecule has 1 aromatic rings. The van der Waals surface area contributed by atoms with Crippen LogP contribution in [0.25, 0.3) is 0 Å². The van der Waals surface area contributed by atoms with Crippen LogP contribution in [0.15, 0.2) is 23.1 Å². The number of hydrogen-bond donors (Lipinski definition) is 1. The summed E-state index contributed by atoms with van der Waals surface area (Å²) < 4.78 is 0. The molecule has 18 heavy (non-hydrogen) atoms. The molecule has 0 amide bonds. The molecule has 3 rings (SSSR count). The van der Waals surface area contributed by atoms with Crippen molar-refractivity contribution in [2.45, 2.75) is 36.5 Å². The molecular formula is C15H19NOS. The van der Waals surface area contributed by atoms with Gasteiger partial charge in [0.2, 0.25) is 0 Å². The third-order valence-corrected chi connectivity index (χ3v) is 5.31. The van der Waals surface area contributed by atoms with E-state index in [9.17, 15) is 4.79 Å². The zero-order valence-corrected chi connectivity index (χ0v) is 11.6. The van der Waals surface area contributed by atoms with Crippen LogP contribution in [0.3, 0.4) is 0 Å². The van der Waals surface area contributed by atoms with Crippen molar-refractivity contribution in [2.75, 3.05) is 18.8 Å². The van der Waals surface area contributed by atoms with E-state index < -0.39 is 0 Å². The van der Waals surface area contributed by atoms with E-state index >= 15 is 0 Å². The molecule has 1 aromatic carbocycles. The van der Waals surface area contributed by atoms with Crippen LogP contribution in [0.1, 0.15) is 42.1 Å². The maximum absolute atomic E-state index is 12.1. The van der Waals surface area contributed by atoms with Crippen LogP contribution < -0.4 is 5.32 Å². The van der Waals surface area contributed by atoms with E-state index in [2.05, 4.69) is 30.4 Å². The van der Waals surface area contributed by atoms with Gasteiger partial charge >= 0.3 is 0 Å². The van der Waals surface area contributed by atoms with E-state index in [4.69, 9.17) is 0 Å². The summed E-state index contributed by atoms with van der Waals surface area (Å²) in [6, 6.07) is 6.53. The fourth-order valence-corrected chi connectivity index (χ4v) is 3.86. The Bertz CT molecular complexity index is 477. The molecule has 2 heterocycles. The highest BCUT2D eigenvalue weighted by Crippen LogP contribution is 2.35. The van der Waals surface area contributed by atoms with E-state index in [1.165, 1.54) is 10.5 Å². The quantitative estimate of drug-likeness (QED) is 0.842. The van der Waals surface area contributed by atoms with Crippen molar-refractivity contribution in [3.05, 3.63) is 29.3 Å². The van der Waals surface area contributed by atoms with Crippen molar-refractivity contribution in [3.8, 4) is 0 Å². The van der Waals surface area contributed by atoms with Crippen LogP contribution in [-0.4, -0.2) is 24.6 Å². The van der Waals surface area contributed by atoms with Crippen LogP contribution in [0.5, 0.6) is 0 Å². The van der Waals surface area contributed by atoms with Crippen molar-refractivity contribution in [3.63, 3.8) is 0 Å². The van der Waals surface area contributed by atoms with Gasteiger partial charge in [0.1, 0.15) is 0 Å². The number of Topliss-reactive ketones (excluding diaryl/α,β-unsaturated/α-hetero) is 1. The number of hydrogen-bond acceptors (Lipinski definition) is 3. The van der Waals surface area contributed by atoms with Crippen LogP contribution in [0.2, 0.25) is 0 Å². The second kappa shape index (κ2) is 4.71. The topological polar surface area (TPSA) is 29.1 Å². The van der Waals surface area contributed by atoms with Gasteiger partial charge in [-0.25, -0.2) is 0 Å². The predicted molar refractivity (Wildman–Crippen MR) is 75.6 cm³/mol. The standard InChI is InChI=1S/C15H19NOS/c1-15(6-7-16-10-15)11-4-5-14-12(9-11)13(17)3-2-8-18-14/h4-5,9,16H,2-3,6-8,10H2,1H3. The molecule has 1 fully saturated rings. The summed E-state index contributed by atoms with van der Waals surface area (Å²) in [4.78, 5) is 13.3. The Hall–Kier alpha value is -0.800. The number of ketones is 1. The monoisotopic (exact) mass is 261 g/mol. The van der Waals surface area contributed by atoms with Crippen LogP contribution in [-0.2, 0) is 5.41 Å². The molecule has 0 spiro atoms. The van der Waals surface area contributed by atoms with Crippen LogP contribution >= 0.6 is 11.8 Å². The van der Waals surface area contributed by atoms with Gasteiger partial charge in [0.25, 0.3) is 0 Å². The maximum Gasteiger partial charge on any atom is 0.164 e. The molecule has 1 unspecified atom stereocenters. The summed E-state index contributed by atoms with van der Waals surface area (Å²) >= 11 is 1.83. The zero-order valence-electron chi connectivity index (χ0n) is 10.8. The zero-order chi connectivity index (χ0) is 12.6. The van der Waals surface area contributed by atoms with Gasteiger partial charge in [-0.3, -0.25) is 4.79 Å². The van der Waals surface area contributed by atoms with E-state index in [-0.39, 0.29) is 5.41 Å². The molecule has 1 atom stereocenters. The predicted octanol–water partition coefficient (Wildman–Crippen LogP) is 3.01. The Labute approximate surface area is 113 Å². The molecule has 3 heteroatoms. The molecule has 0 saturated carbocycles. The van der Waals surface area contributed by atoms with E-state index in [1.54, 1.807) is 0 Å². The van der Waals surface area contributed by atoms with Gasteiger partial charge in [-0.15, -0.1) is 11.8 Å². The maximum atomic E-state index is 12.1. The first kappa shape index (κ1) is 12.2. The van der Waals surface area contributed by atoms with Gasteiger partial charge in [0, 0.05) is 28.8 Å². The van der Waals surface area contributed by atoms with Crippen molar-refractivity contribution < 1.29 is 4.79 Å². The largest absolute Gasteiger partial charge is 0.316 e. The Morgan fingerprint density at radius 3 is 3.06 bits per heavy atom. The van der Waals surface area contributed by atoms with E-state index in [1.807, 2.05) is 11.8 Å². The van der Waals surface area contributed by atoms with Crippen molar-refractivity contribution in [2.24, 2.45) is 0 Å². The first-order valence-corrected chi connectivity index (χ1v) is 7.69. The summed E-state index contributed by atoms with van der Waals surface area (Å²) in [7, 11) is 0. The fourth-order valence-electron chi connectivity index (χ4n) is 2.86. The Morgan fingerprint density at radius 2 is 2.28 bits per heavy atom. The lowest BCUT2D eigenvalue weighted by Gasteiger charge is -2.24. The molecule has 0 aromatic heterocycles. The fraction of sp³-hybridized carbons (Fsp3) is 0.533. The number of carbonyl (C=O) groups is 1. The number of thioether (sulfide) groups is 1. The molecule has 2 aliphatic rings. The molecule has 2 nitrogen and oxygen atoms in total. The lowest BCUT2D eigenvalue weighted by molar-refractivity contribution is 0.0980. The third-order valence-electron chi connectivity index (χ3n) is 4.15. The highest BCUT2D eigenvalue weighted by atomic mass is 32.2. The van der Waals surface area contributed by atoms with E-state index in [0.29, 0.717) is 12.2 Å². The molecular weight excluding hydrogens is 242 g/mol. The van der Waals surface area contributed by atoms with E-state index in [0.717, 1.165) is 37.2 Å². The Balaban J connectivity index is 2.01. The molecule has 1 saturated heterocycles. The van der Waals surface area contributed by atoms with Gasteiger partial charge in [-0.2, -0.15) is 0 Å². The summed E-state index contributed by atoms with van der Waals surface area (Å²) in [5.41, 5.74) is 2.48. The van der Waals surface area contributed by atoms with Crippen molar-refractivity contribution >= 4 is 17.5 Å².